The van der Waals surface area contributed by atoms with Gasteiger partial charge < -0.3 is 9.47 Å². The maximum Gasteiger partial charge on any atom is 0.0881 e. The molecule has 4 aliphatic rings. The van der Waals surface area contributed by atoms with Crippen LogP contribution in [-0.2, 0) is 22.3 Å². The fourth-order valence-corrected chi connectivity index (χ4v) is 8.31. The van der Waals surface area contributed by atoms with Gasteiger partial charge in [0.05, 0.1) is 12.2 Å². The van der Waals surface area contributed by atoms with Crippen molar-refractivity contribution in [2.45, 2.75) is 107 Å². The molecule has 0 radical (unpaired) electrons. The zero-order chi connectivity index (χ0) is 34.1. The minimum Gasteiger partial charge on any atom is -0.373 e. The summed E-state index contributed by atoms with van der Waals surface area (Å²) in [5, 5.41) is 0. The van der Waals surface area contributed by atoms with Crippen LogP contribution in [0, 0.1) is 21.7 Å². The third-order valence-corrected chi connectivity index (χ3v) is 9.56. The van der Waals surface area contributed by atoms with Crippen molar-refractivity contribution < 1.29 is 17.7 Å². The second-order valence-corrected chi connectivity index (χ2v) is 14.1. The maximum atomic E-state index is 8.18. The van der Waals surface area contributed by atoms with E-state index in [0.717, 1.165) is 35.1 Å². The largest absolute Gasteiger partial charge is 0.373 e. The lowest BCUT2D eigenvalue weighted by Crippen LogP contribution is -2.42. The SMILES string of the molecule is [2H]C([2H])([2H])[C@]1(C)CC(C)(C)[C@@H](OCC)C2=C1Cc1ccccc12.[2H]C([2H])([2H])[C@]1(C)CC(C)(C)[C@H](OCC)C2=C1Cc1ccccc12. The first-order valence-electron chi connectivity index (χ1n) is 18.1. The van der Waals surface area contributed by atoms with Gasteiger partial charge in [0.2, 0.25) is 0 Å². The fraction of sp³-hybridized carbons (Fsp3) is 0.579. The Morgan fingerprint density at radius 2 is 1.02 bits per heavy atom. The van der Waals surface area contributed by atoms with Gasteiger partial charge in [0.15, 0.2) is 0 Å². The molecule has 0 saturated carbocycles. The molecular formula is C38H52O2. The second-order valence-electron chi connectivity index (χ2n) is 14.1. The molecule has 6 rings (SSSR count). The van der Waals surface area contributed by atoms with Gasteiger partial charge in [-0.2, -0.15) is 0 Å². The summed E-state index contributed by atoms with van der Waals surface area (Å²) in [7, 11) is 0. The average molecular weight is 547 g/mol. The van der Waals surface area contributed by atoms with Gasteiger partial charge in [-0.05, 0) is 94.6 Å². The van der Waals surface area contributed by atoms with Crippen LogP contribution in [0.5, 0.6) is 0 Å². The number of fused-ring (bicyclic) bond motifs is 4. The van der Waals surface area contributed by atoms with Gasteiger partial charge in [-0.15, -0.1) is 0 Å². The number of allylic oxidation sites excluding steroid dienone is 2. The van der Waals surface area contributed by atoms with Crippen molar-refractivity contribution in [2.24, 2.45) is 21.7 Å². The highest BCUT2D eigenvalue weighted by atomic mass is 16.5. The molecule has 40 heavy (non-hydrogen) atoms. The van der Waals surface area contributed by atoms with E-state index >= 15 is 0 Å². The zero-order valence-electron chi connectivity index (χ0n) is 31.8. The van der Waals surface area contributed by atoms with E-state index in [0.29, 0.717) is 26.1 Å². The van der Waals surface area contributed by atoms with E-state index in [1.54, 1.807) is 0 Å². The summed E-state index contributed by atoms with van der Waals surface area (Å²) in [6, 6.07) is 16.6. The molecule has 0 bridgehead atoms. The first-order valence-corrected chi connectivity index (χ1v) is 15.1. The van der Waals surface area contributed by atoms with Crippen molar-refractivity contribution >= 4 is 11.1 Å². The summed E-state index contributed by atoms with van der Waals surface area (Å²) < 4.78 is 61.4. The van der Waals surface area contributed by atoms with Crippen molar-refractivity contribution in [2.75, 3.05) is 13.2 Å². The van der Waals surface area contributed by atoms with Gasteiger partial charge in [0.1, 0.15) is 0 Å². The van der Waals surface area contributed by atoms with E-state index in [9.17, 15) is 0 Å². The van der Waals surface area contributed by atoms with Gasteiger partial charge in [-0.3, -0.25) is 0 Å². The van der Waals surface area contributed by atoms with Crippen LogP contribution in [-0.4, -0.2) is 25.4 Å². The first kappa shape index (κ1) is 22.4. The second kappa shape index (κ2) is 10.3. The van der Waals surface area contributed by atoms with Crippen LogP contribution in [0.15, 0.2) is 59.7 Å². The molecule has 2 heteroatoms. The Balaban J connectivity index is 0.000000181. The molecule has 2 nitrogen and oxygen atoms in total. The van der Waals surface area contributed by atoms with Gasteiger partial charge >= 0.3 is 0 Å². The fourth-order valence-electron chi connectivity index (χ4n) is 8.31. The van der Waals surface area contributed by atoms with Crippen LogP contribution >= 0.6 is 0 Å². The molecule has 0 saturated heterocycles. The molecule has 2 aromatic carbocycles. The first-order chi connectivity index (χ1) is 21.2. The molecule has 0 aromatic heterocycles. The average Bonchev–Trinajstić information content (AvgIpc) is 3.52. The minimum absolute atomic E-state index is 0.0402. The summed E-state index contributed by atoms with van der Waals surface area (Å²) in [4.78, 5) is 0. The summed E-state index contributed by atoms with van der Waals surface area (Å²) in [6.45, 7) is 13.7. The predicted octanol–water partition coefficient (Wildman–Crippen LogP) is 9.71. The molecule has 0 spiro atoms. The van der Waals surface area contributed by atoms with Crippen LogP contribution in [0.2, 0.25) is 0 Å². The monoisotopic (exact) mass is 546 g/mol. The van der Waals surface area contributed by atoms with Crippen molar-refractivity contribution in [1.82, 2.24) is 0 Å². The molecule has 4 atom stereocenters. The Labute approximate surface area is 252 Å². The molecule has 2 aromatic rings. The Morgan fingerprint density at radius 1 is 0.650 bits per heavy atom. The highest BCUT2D eigenvalue weighted by Gasteiger charge is 2.50. The van der Waals surface area contributed by atoms with Crippen LogP contribution in [0.4, 0.5) is 0 Å². The van der Waals surface area contributed by atoms with E-state index in [2.05, 4.69) is 52.0 Å². The summed E-state index contributed by atoms with van der Waals surface area (Å²) in [6.07, 6.45) is 2.63. The van der Waals surface area contributed by atoms with Crippen molar-refractivity contribution in [3.63, 3.8) is 0 Å². The molecule has 0 amide bonds. The standard InChI is InChI=1S/2C19H26O/c2*1-6-20-17-16-14-10-8-7-9-13(14)11-15(16)18(2,3)12-19(17,4)5/h2*7-10,17H,6,11-12H2,1-5H3/t2*17-/m10/s1/i2*2D3/t17-,18+;17-,18-. The molecule has 216 valence electrons. The van der Waals surface area contributed by atoms with Crippen LogP contribution < -0.4 is 0 Å². The Morgan fingerprint density at radius 3 is 1.38 bits per heavy atom. The lowest BCUT2D eigenvalue weighted by atomic mass is 9.61. The van der Waals surface area contributed by atoms with E-state index in [1.165, 1.54) is 22.3 Å². The molecule has 0 unspecified atom stereocenters. The molecule has 0 N–H and O–H groups in total. The highest BCUT2D eigenvalue weighted by molar-refractivity contribution is 5.82. The number of rotatable bonds is 4. The van der Waals surface area contributed by atoms with E-state index in [4.69, 9.17) is 17.7 Å². The molecule has 0 heterocycles. The number of ether oxygens (including phenoxy) is 2. The summed E-state index contributed by atoms with van der Waals surface area (Å²) in [5.74, 6) is 0. The smallest absolute Gasteiger partial charge is 0.0881 e. The number of benzene rings is 2. The molecule has 4 aliphatic carbocycles. The third-order valence-electron chi connectivity index (χ3n) is 9.56. The van der Waals surface area contributed by atoms with Gasteiger partial charge in [-0.1, -0.05) is 115 Å². The minimum atomic E-state index is -2.01. The van der Waals surface area contributed by atoms with Crippen molar-refractivity contribution in [3.8, 4) is 0 Å². The Hall–Kier alpha value is -2.16. The highest BCUT2D eigenvalue weighted by Crippen LogP contribution is 2.58. The third kappa shape index (κ3) is 4.94. The van der Waals surface area contributed by atoms with Crippen LogP contribution in [0.3, 0.4) is 0 Å². The maximum absolute atomic E-state index is 8.18. The Kier molecular flexibility index (Phi) is 5.77. The van der Waals surface area contributed by atoms with Gasteiger partial charge in [-0.25, -0.2) is 0 Å². The van der Waals surface area contributed by atoms with Crippen molar-refractivity contribution in [1.29, 1.82) is 0 Å². The summed E-state index contributed by atoms with van der Waals surface area (Å²) >= 11 is 0. The topological polar surface area (TPSA) is 18.5 Å². The number of hydrogen-bond donors (Lipinski definition) is 0. The molecule has 0 fully saturated rings. The van der Waals surface area contributed by atoms with E-state index < -0.39 is 24.5 Å². The van der Waals surface area contributed by atoms with Gasteiger partial charge in [0, 0.05) is 21.4 Å². The van der Waals surface area contributed by atoms with Gasteiger partial charge in [0.25, 0.3) is 0 Å². The number of hydrogen-bond acceptors (Lipinski definition) is 2. The molecule has 0 aliphatic heterocycles. The Bertz CT molecular complexity index is 1430. The molecular weight excluding hydrogens is 488 g/mol. The van der Waals surface area contributed by atoms with Crippen molar-refractivity contribution in [3.05, 3.63) is 81.9 Å². The zero-order valence-corrected chi connectivity index (χ0v) is 25.8. The van der Waals surface area contributed by atoms with Crippen LogP contribution in [0.25, 0.3) is 11.1 Å². The normalized spacial score (nSPS) is 34.0. The van der Waals surface area contributed by atoms with E-state index in [1.807, 2.05) is 52.0 Å². The van der Waals surface area contributed by atoms with E-state index in [-0.39, 0.29) is 23.0 Å². The lowest BCUT2D eigenvalue weighted by molar-refractivity contribution is -0.00673. The summed E-state index contributed by atoms with van der Waals surface area (Å²) in [5.41, 5.74) is 7.23. The predicted molar refractivity (Wildman–Crippen MR) is 169 cm³/mol. The van der Waals surface area contributed by atoms with Crippen LogP contribution in [0.1, 0.15) is 112 Å². The quantitative estimate of drug-likeness (QED) is 0.380. The lowest BCUT2D eigenvalue weighted by Gasteiger charge is -2.47.